The number of halogens is 1. The van der Waals surface area contributed by atoms with Crippen LogP contribution in [0.15, 0.2) is 22.6 Å². The number of nitrogens with two attached hydrogens (primary N) is 1. The van der Waals surface area contributed by atoms with E-state index in [4.69, 9.17) is 21.8 Å². The Labute approximate surface area is 137 Å². The van der Waals surface area contributed by atoms with Gasteiger partial charge in [-0.3, -0.25) is 9.59 Å². The number of benzene rings is 1. The summed E-state index contributed by atoms with van der Waals surface area (Å²) >= 11 is 6.10. The standard InChI is InChI=1S/C16H17ClN2O4/c1-9-10-4-2-5-11(17)13(10)23-12(9)14(20)19-7-3-6-16(22,8-19)15(18)21/h2,4-5,22H,3,6-8H2,1H3,(H2,18,21). The van der Waals surface area contributed by atoms with Crippen molar-refractivity contribution in [1.29, 1.82) is 0 Å². The Balaban J connectivity index is 1.96. The van der Waals surface area contributed by atoms with Crippen LogP contribution in [-0.2, 0) is 4.79 Å². The van der Waals surface area contributed by atoms with Gasteiger partial charge in [-0.05, 0) is 25.8 Å². The summed E-state index contributed by atoms with van der Waals surface area (Å²) < 4.78 is 5.65. The monoisotopic (exact) mass is 336 g/mol. The molecule has 1 aliphatic heterocycles. The molecule has 2 amide bonds. The lowest BCUT2D eigenvalue weighted by Crippen LogP contribution is -2.57. The van der Waals surface area contributed by atoms with Crippen LogP contribution in [0.1, 0.15) is 29.0 Å². The van der Waals surface area contributed by atoms with Gasteiger partial charge in [0.2, 0.25) is 0 Å². The van der Waals surface area contributed by atoms with Gasteiger partial charge in [0, 0.05) is 17.5 Å². The predicted molar refractivity (Wildman–Crippen MR) is 85.2 cm³/mol. The van der Waals surface area contributed by atoms with Crippen molar-refractivity contribution >= 4 is 34.4 Å². The van der Waals surface area contributed by atoms with Crippen LogP contribution in [0.25, 0.3) is 11.0 Å². The van der Waals surface area contributed by atoms with E-state index in [0.717, 1.165) is 5.39 Å². The number of carbonyl (C=O) groups excluding carboxylic acids is 2. The number of piperidine rings is 1. The molecule has 2 aromatic rings. The van der Waals surface area contributed by atoms with Crippen LogP contribution in [0, 0.1) is 6.92 Å². The number of aliphatic hydroxyl groups is 1. The molecular weight excluding hydrogens is 320 g/mol. The second-order valence-electron chi connectivity index (χ2n) is 5.90. The molecule has 1 aliphatic rings. The number of para-hydroxylation sites is 1. The third-order valence-corrected chi connectivity index (χ3v) is 4.62. The van der Waals surface area contributed by atoms with Crippen molar-refractivity contribution in [3.8, 4) is 0 Å². The van der Waals surface area contributed by atoms with Gasteiger partial charge >= 0.3 is 0 Å². The zero-order valence-electron chi connectivity index (χ0n) is 12.6. The van der Waals surface area contributed by atoms with E-state index in [1.165, 1.54) is 4.90 Å². The number of fused-ring (bicyclic) bond motifs is 1. The lowest BCUT2D eigenvalue weighted by atomic mass is 9.92. The summed E-state index contributed by atoms with van der Waals surface area (Å²) in [5, 5.41) is 11.4. The third-order valence-electron chi connectivity index (χ3n) is 4.33. The molecule has 1 unspecified atom stereocenters. The number of rotatable bonds is 2. The van der Waals surface area contributed by atoms with E-state index in [2.05, 4.69) is 0 Å². The third kappa shape index (κ3) is 2.58. The normalized spacial score (nSPS) is 21.6. The summed E-state index contributed by atoms with van der Waals surface area (Å²) in [5.41, 5.74) is 4.69. The van der Waals surface area contributed by atoms with Crippen LogP contribution >= 0.6 is 11.6 Å². The fourth-order valence-corrected chi connectivity index (χ4v) is 3.18. The Morgan fingerprint density at radius 1 is 1.43 bits per heavy atom. The maximum atomic E-state index is 12.7. The Morgan fingerprint density at radius 2 is 2.17 bits per heavy atom. The van der Waals surface area contributed by atoms with Crippen LogP contribution in [0.3, 0.4) is 0 Å². The first-order valence-corrected chi connectivity index (χ1v) is 7.70. The average molecular weight is 337 g/mol. The summed E-state index contributed by atoms with van der Waals surface area (Å²) in [6.07, 6.45) is 0.738. The van der Waals surface area contributed by atoms with Crippen LogP contribution in [0.4, 0.5) is 0 Å². The number of furan rings is 1. The number of β-amino-alcohol motifs (C(OH)–C–C–N with tert-alkyl or cyclic N) is 1. The number of hydrogen-bond acceptors (Lipinski definition) is 4. The van der Waals surface area contributed by atoms with Gasteiger partial charge in [-0.15, -0.1) is 0 Å². The highest BCUT2D eigenvalue weighted by atomic mass is 35.5. The van der Waals surface area contributed by atoms with Crippen molar-refractivity contribution in [1.82, 2.24) is 4.90 Å². The Hall–Kier alpha value is -2.05. The molecule has 7 heteroatoms. The minimum Gasteiger partial charge on any atom is -0.449 e. The van der Waals surface area contributed by atoms with E-state index < -0.39 is 11.5 Å². The van der Waals surface area contributed by atoms with Gasteiger partial charge in [0.05, 0.1) is 11.6 Å². The molecule has 1 fully saturated rings. The molecule has 3 rings (SSSR count). The molecule has 3 N–H and O–H groups in total. The minimum absolute atomic E-state index is 0.134. The molecular formula is C16H17ClN2O4. The fraction of sp³-hybridized carbons (Fsp3) is 0.375. The first-order valence-electron chi connectivity index (χ1n) is 7.32. The predicted octanol–water partition coefficient (Wildman–Crippen LogP) is 1.85. The van der Waals surface area contributed by atoms with Crippen molar-refractivity contribution in [2.75, 3.05) is 13.1 Å². The van der Waals surface area contributed by atoms with Crippen molar-refractivity contribution in [3.63, 3.8) is 0 Å². The van der Waals surface area contributed by atoms with Crippen molar-refractivity contribution in [2.24, 2.45) is 5.73 Å². The maximum Gasteiger partial charge on any atom is 0.290 e. The van der Waals surface area contributed by atoms with E-state index in [-0.39, 0.29) is 24.6 Å². The average Bonchev–Trinajstić information content (AvgIpc) is 2.85. The highest BCUT2D eigenvalue weighted by molar-refractivity contribution is 6.35. The van der Waals surface area contributed by atoms with Gasteiger partial charge in [0.25, 0.3) is 11.8 Å². The van der Waals surface area contributed by atoms with Crippen molar-refractivity contribution in [3.05, 3.63) is 34.5 Å². The first kappa shape index (κ1) is 15.8. The number of primary amides is 1. The highest BCUT2D eigenvalue weighted by Crippen LogP contribution is 2.32. The highest BCUT2D eigenvalue weighted by Gasteiger charge is 2.41. The maximum absolute atomic E-state index is 12.7. The topological polar surface area (TPSA) is 96.8 Å². The molecule has 2 heterocycles. The molecule has 0 bridgehead atoms. The van der Waals surface area contributed by atoms with E-state index in [1.807, 2.05) is 6.07 Å². The van der Waals surface area contributed by atoms with Gasteiger partial charge in [-0.2, -0.15) is 0 Å². The number of amides is 2. The molecule has 1 aromatic heterocycles. The van der Waals surface area contributed by atoms with Gasteiger partial charge in [0.1, 0.15) is 0 Å². The molecule has 6 nitrogen and oxygen atoms in total. The van der Waals surface area contributed by atoms with Crippen molar-refractivity contribution < 1.29 is 19.1 Å². The van der Waals surface area contributed by atoms with E-state index >= 15 is 0 Å². The first-order chi connectivity index (χ1) is 10.8. The summed E-state index contributed by atoms with van der Waals surface area (Å²) in [6.45, 7) is 2.07. The van der Waals surface area contributed by atoms with Crippen LogP contribution in [-0.4, -0.2) is 40.5 Å². The molecule has 122 valence electrons. The largest absolute Gasteiger partial charge is 0.449 e. The fourth-order valence-electron chi connectivity index (χ4n) is 2.97. The number of hydrogen-bond donors (Lipinski definition) is 2. The Kier molecular flexibility index (Phi) is 3.82. The minimum atomic E-state index is -1.69. The molecule has 0 saturated carbocycles. The zero-order chi connectivity index (χ0) is 16.8. The SMILES string of the molecule is Cc1c(C(=O)N2CCCC(O)(C(N)=O)C2)oc2c(Cl)cccc12. The summed E-state index contributed by atoms with van der Waals surface area (Å²) in [7, 11) is 0. The molecule has 0 spiro atoms. The number of nitrogens with zero attached hydrogens (tertiary/aromatic N) is 1. The lowest BCUT2D eigenvalue weighted by molar-refractivity contribution is -0.140. The van der Waals surface area contributed by atoms with Gasteiger partial charge in [0.15, 0.2) is 16.9 Å². The number of carbonyl (C=O) groups is 2. The molecule has 0 radical (unpaired) electrons. The van der Waals surface area contributed by atoms with E-state index in [9.17, 15) is 14.7 Å². The van der Waals surface area contributed by atoms with Crippen LogP contribution in [0.5, 0.6) is 0 Å². The quantitative estimate of drug-likeness (QED) is 0.874. The lowest BCUT2D eigenvalue weighted by Gasteiger charge is -2.36. The van der Waals surface area contributed by atoms with Crippen LogP contribution in [0.2, 0.25) is 5.02 Å². The zero-order valence-corrected chi connectivity index (χ0v) is 13.4. The summed E-state index contributed by atoms with van der Waals surface area (Å²) in [5.74, 6) is -1.03. The Morgan fingerprint density at radius 3 is 2.83 bits per heavy atom. The van der Waals surface area contributed by atoms with E-state index in [0.29, 0.717) is 29.1 Å². The molecule has 1 saturated heterocycles. The second kappa shape index (κ2) is 5.54. The van der Waals surface area contributed by atoms with Crippen LogP contribution < -0.4 is 5.73 Å². The van der Waals surface area contributed by atoms with Gasteiger partial charge in [-0.25, -0.2) is 0 Å². The van der Waals surface area contributed by atoms with Gasteiger partial charge < -0.3 is 20.2 Å². The van der Waals surface area contributed by atoms with E-state index in [1.54, 1.807) is 19.1 Å². The summed E-state index contributed by atoms with van der Waals surface area (Å²) in [6, 6.07) is 5.30. The molecule has 23 heavy (non-hydrogen) atoms. The molecule has 1 atom stereocenters. The second-order valence-corrected chi connectivity index (χ2v) is 6.31. The number of aryl methyl sites for hydroxylation is 1. The van der Waals surface area contributed by atoms with Gasteiger partial charge in [-0.1, -0.05) is 23.7 Å². The smallest absolute Gasteiger partial charge is 0.290 e. The Bertz CT molecular complexity index is 801. The number of likely N-dealkylation sites (tertiary alicyclic amines) is 1. The summed E-state index contributed by atoms with van der Waals surface area (Å²) in [4.78, 5) is 25.6. The van der Waals surface area contributed by atoms with Crippen molar-refractivity contribution in [2.45, 2.75) is 25.4 Å². The molecule has 0 aliphatic carbocycles. The molecule has 1 aromatic carbocycles.